The highest BCUT2D eigenvalue weighted by Gasteiger charge is 2.37. The summed E-state index contributed by atoms with van der Waals surface area (Å²) in [6, 6.07) is 5.95. The molecule has 1 aliphatic heterocycles. The van der Waals surface area contributed by atoms with Crippen molar-refractivity contribution in [2.45, 2.75) is 43.4 Å². The van der Waals surface area contributed by atoms with E-state index in [0.29, 0.717) is 32.2 Å². The van der Waals surface area contributed by atoms with Gasteiger partial charge in [0.1, 0.15) is 5.82 Å². The molecule has 1 aromatic carbocycles. The van der Waals surface area contributed by atoms with Crippen LogP contribution >= 0.6 is 0 Å². The van der Waals surface area contributed by atoms with Crippen molar-refractivity contribution in [1.29, 1.82) is 0 Å². The number of benzene rings is 1. The SMILES string of the molecule is O=C1CCCN1[C@H](CNS(=O)(=O)C1CC1)Cc1cccc(F)c1. The van der Waals surface area contributed by atoms with Gasteiger partial charge in [-0.3, -0.25) is 4.79 Å². The van der Waals surface area contributed by atoms with Crippen molar-refractivity contribution in [2.24, 2.45) is 0 Å². The van der Waals surface area contributed by atoms with Gasteiger partial charge in [-0.25, -0.2) is 17.5 Å². The van der Waals surface area contributed by atoms with Crippen LogP contribution < -0.4 is 4.72 Å². The van der Waals surface area contributed by atoms with Crippen molar-refractivity contribution in [3.8, 4) is 0 Å². The van der Waals surface area contributed by atoms with E-state index in [0.717, 1.165) is 12.0 Å². The molecular weight excluding hydrogens is 319 g/mol. The molecule has 2 fully saturated rings. The van der Waals surface area contributed by atoms with Gasteiger partial charge in [-0.2, -0.15) is 0 Å². The third kappa shape index (κ3) is 4.09. The van der Waals surface area contributed by atoms with E-state index in [1.807, 2.05) is 0 Å². The highest BCUT2D eigenvalue weighted by atomic mass is 32.2. The molecule has 0 aromatic heterocycles. The van der Waals surface area contributed by atoms with Crippen LogP contribution in [-0.2, 0) is 21.2 Å². The van der Waals surface area contributed by atoms with Gasteiger partial charge in [0.2, 0.25) is 15.9 Å². The Morgan fingerprint density at radius 2 is 2.13 bits per heavy atom. The van der Waals surface area contributed by atoms with Gasteiger partial charge in [-0.1, -0.05) is 12.1 Å². The molecule has 1 saturated heterocycles. The Labute approximate surface area is 135 Å². The summed E-state index contributed by atoms with van der Waals surface area (Å²) in [6.45, 7) is 0.811. The van der Waals surface area contributed by atoms with E-state index < -0.39 is 10.0 Å². The number of amides is 1. The lowest BCUT2D eigenvalue weighted by Gasteiger charge is -2.28. The normalized spacial score (nSPS) is 20.0. The van der Waals surface area contributed by atoms with E-state index >= 15 is 0 Å². The number of hydrogen-bond acceptors (Lipinski definition) is 3. The first-order valence-corrected chi connectivity index (χ1v) is 9.53. The zero-order chi connectivity index (χ0) is 16.4. The summed E-state index contributed by atoms with van der Waals surface area (Å²) < 4.78 is 40.1. The van der Waals surface area contributed by atoms with Crippen LogP contribution in [0.2, 0.25) is 0 Å². The molecule has 3 rings (SSSR count). The fourth-order valence-electron chi connectivity index (χ4n) is 2.99. The number of rotatable bonds is 7. The molecule has 1 saturated carbocycles. The Bertz CT molecular complexity index is 688. The van der Waals surface area contributed by atoms with Gasteiger partial charge in [0, 0.05) is 25.6 Å². The van der Waals surface area contributed by atoms with Gasteiger partial charge in [-0.15, -0.1) is 0 Å². The lowest BCUT2D eigenvalue weighted by molar-refractivity contribution is -0.129. The highest BCUT2D eigenvalue weighted by molar-refractivity contribution is 7.90. The topological polar surface area (TPSA) is 66.5 Å². The average molecular weight is 340 g/mol. The maximum Gasteiger partial charge on any atom is 0.222 e. The predicted molar refractivity (Wildman–Crippen MR) is 84.8 cm³/mol. The van der Waals surface area contributed by atoms with Gasteiger partial charge in [0.15, 0.2) is 0 Å². The molecule has 1 N–H and O–H groups in total. The second kappa shape index (κ2) is 6.57. The van der Waals surface area contributed by atoms with Crippen LogP contribution in [0.1, 0.15) is 31.2 Å². The first-order valence-electron chi connectivity index (χ1n) is 7.98. The molecule has 1 aromatic rings. The lowest BCUT2D eigenvalue weighted by Crippen LogP contribution is -2.46. The van der Waals surface area contributed by atoms with E-state index in [1.165, 1.54) is 12.1 Å². The molecule has 1 heterocycles. The van der Waals surface area contributed by atoms with Gasteiger partial charge in [-0.05, 0) is 43.4 Å². The van der Waals surface area contributed by atoms with Crippen LogP contribution in [0.15, 0.2) is 24.3 Å². The van der Waals surface area contributed by atoms with Gasteiger partial charge in [0.25, 0.3) is 0 Å². The summed E-state index contributed by atoms with van der Waals surface area (Å²) >= 11 is 0. The molecule has 1 aliphatic carbocycles. The molecular formula is C16H21FN2O3S. The molecule has 2 aliphatic rings. The van der Waals surface area contributed by atoms with Crippen LogP contribution in [0, 0.1) is 5.82 Å². The van der Waals surface area contributed by atoms with Crippen LogP contribution in [0.4, 0.5) is 4.39 Å². The minimum Gasteiger partial charge on any atom is -0.338 e. The Hall–Kier alpha value is -1.47. The number of hydrogen-bond donors (Lipinski definition) is 1. The smallest absolute Gasteiger partial charge is 0.222 e. The summed E-state index contributed by atoms with van der Waals surface area (Å²) in [5.41, 5.74) is 0.764. The largest absolute Gasteiger partial charge is 0.338 e. The number of carbonyl (C=O) groups excluding carboxylic acids is 1. The third-order valence-corrected chi connectivity index (χ3v) is 6.31. The molecule has 0 spiro atoms. The lowest BCUT2D eigenvalue weighted by atomic mass is 10.0. The van der Waals surface area contributed by atoms with E-state index in [2.05, 4.69) is 4.72 Å². The standard InChI is InChI=1S/C16H21FN2O3S/c17-13-4-1-3-12(9-13)10-14(19-8-2-5-16(19)20)11-18-23(21,22)15-6-7-15/h1,3-4,9,14-15,18H,2,5-8,10-11H2/t14-/m0/s1. The summed E-state index contributed by atoms with van der Waals surface area (Å²) in [5, 5.41) is -0.286. The average Bonchev–Trinajstić information content (AvgIpc) is 3.27. The first kappa shape index (κ1) is 16.4. The molecule has 0 bridgehead atoms. The van der Waals surface area contributed by atoms with Gasteiger partial charge >= 0.3 is 0 Å². The molecule has 1 atom stereocenters. The number of nitrogens with one attached hydrogen (secondary N) is 1. The highest BCUT2D eigenvalue weighted by Crippen LogP contribution is 2.27. The van der Waals surface area contributed by atoms with Crippen LogP contribution in [0.5, 0.6) is 0 Å². The zero-order valence-electron chi connectivity index (χ0n) is 12.9. The summed E-state index contributed by atoms with van der Waals surface area (Å²) in [6.07, 6.45) is 3.12. The van der Waals surface area contributed by atoms with Crippen molar-refractivity contribution in [1.82, 2.24) is 9.62 Å². The summed E-state index contributed by atoms with van der Waals surface area (Å²) in [5.74, 6) is -0.287. The summed E-state index contributed by atoms with van der Waals surface area (Å²) in [4.78, 5) is 13.7. The summed E-state index contributed by atoms with van der Waals surface area (Å²) in [7, 11) is -3.29. The number of carbonyl (C=O) groups is 1. The van der Waals surface area contributed by atoms with Crippen molar-refractivity contribution in [3.63, 3.8) is 0 Å². The minimum atomic E-state index is -3.29. The third-order valence-electron chi connectivity index (χ3n) is 4.39. The number of likely N-dealkylation sites (tertiary alicyclic amines) is 1. The molecule has 126 valence electrons. The van der Waals surface area contributed by atoms with Crippen molar-refractivity contribution in [3.05, 3.63) is 35.6 Å². The van der Waals surface area contributed by atoms with Crippen LogP contribution in [-0.4, -0.2) is 43.6 Å². The zero-order valence-corrected chi connectivity index (χ0v) is 13.7. The second-order valence-corrected chi connectivity index (χ2v) is 8.32. The Morgan fingerprint density at radius 1 is 1.35 bits per heavy atom. The van der Waals surface area contributed by atoms with Crippen molar-refractivity contribution in [2.75, 3.05) is 13.1 Å². The van der Waals surface area contributed by atoms with E-state index in [9.17, 15) is 17.6 Å². The van der Waals surface area contributed by atoms with Crippen molar-refractivity contribution >= 4 is 15.9 Å². The fourth-order valence-corrected chi connectivity index (χ4v) is 4.41. The Kier molecular flexibility index (Phi) is 4.68. The quantitative estimate of drug-likeness (QED) is 0.817. The van der Waals surface area contributed by atoms with Crippen molar-refractivity contribution < 1.29 is 17.6 Å². The Balaban J connectivity index is 1.72. The number of nitrogens with zero attached hydrogens (tertiary/aromatic N) is 1. The molecule has 0 unspecified atom stereocenters. The first-order chi connectivity index (χ1) is 11.0. The van der Waals surface area contributed by atoms with E-state index in [-0.39, 0.29) is 29.6 Å². The molecule has 7 heteroatoms. The van der Waals surface area contributed by atoms with Gasteiger partial charge < -0.3 is 4.90 Å². The maximum atomic E-state index is 13.4. The fraction of sp³-hybridized carbons (Fsp3) is 0.562. The Morgan fingerprint density at radius 3 is 2.74 bits per heavy atom. The van der Waals surface area contributed by atoms with E-state index in [4.69, 9.17) is 0 Å². The van der Waals surface area contributed by atoms with E-state index in [1.54, 1.807) is 17.0 Å². The van der Waals surface area contributed by atoms with Gasteiger partial charge in [0.05, 0.1) is 5.25 Å². The minimum absolute atomic E-state index is 0.0389. The molecule has 0 radical (unpaired) electrons. The molecule has 23 heavy (non-hydrogen) atoms. The number of halogens is 1. The van der Waals surface area contributed by atoms with Crippen LogP contribution in [0.25, 0.3) is 0 Å². The molecule has 5 nitrogen and oxygen atoms in total. The van der Waals surface area contributed by atoms with Crippen LogP contribution in [0.3, 0.4) is 0 Å². The number of sulfonamides is 1. The second-order valence-electron chi connectivity index (χ2n) is 6.27. The predicted octanol–water partition coefficient (Wildman–Crippen LogP) is 1.44. The monoisotopic (exact) mass is 340 g/mol. The maximum absolute atomic E-state index is 13.4. The molecule has 1 amide bonds.